The Morgan fingerprint density at radius 3 is 2.75 bits per heavy atom. The maximum atomic E-state index is 12.1. The fraction of sp³-hybridized carbons (Fsp3) is 0.533. The molecule has 2 N–H and O–H groups in total. The molecule has 0 spiro atoms. The molecule has 0 saturated carbocycles. The average molecular weight is 280 g/mol. The van der Waals surface area contributed by atoms with Gasteiger partial charge in [-0.3, -0.25) is 4.79 Å². The molecule has 0 heterocycles. The Morgan fingerprint density at radius 1 is 1.25 bits per heavy atom. The summed E-state index contributed by atoms with van der Waals surface area (Å²) in [6.07, 6.45) is 0.788. The van der Waals surface area contributed by atoms with E-state index in [4.69, 9.17) is 9.47 Å². The van der Waals surface area contributed by atoms with Crippen LogP contribution in [0.25, 0.3) is 0 Å². The van der Waals surface area contributed by atoms with Crippen LogP contribution in [0.3, 0.4) is 0 Å². The first-order valence-corrected chi connectivity index (χ1v) is 6.82. The van der Waals surface area contributed by atoms with Gasteiger partial charge in [0.05, 0.1) is 18.8 Å². The van der Waals surface area contributed by atoms with E-state index in [0.29, 0.717) is 31.9 Å². The Kier molecular flexibility index (Phi) is 7.69. The van der Waals surface area contributed by atoms with Gasteiger partial charge in [0.1, 0.15) is 0 Å². The van der Waals surface area contributed by atoms with E-state index < -0.39 is 0 Å². The van der Waals surface area contributed by atoms with E-state index >= 15 is 0 Å². The van der Waals surface area contributed by atoms with E-state index in [1.165, 1.54) is 0 Å². The maximum Gasteiger partial charge on any atom is 0.253 e. The fourth-order valence-electron chi connectivity index (χ4n) is 1.78. The van der Waals surface area contributed by atoms with Crippen LogP contribution < -0.4 is 10.6 Å². The number of benzene rings is 1. The van der Waals surface area contributed by atoms with Crippen molar-refractivity contribution in [1.82, 2.24) is 5.32 Å². The molecule has 1 rings (SSSR count). The molecule has 0 fully saturated rings. The van der Waals surface area contributed by atoms with Crippen LogP contribution in [0.15, 0.2) is 18.2 Å². The van der Waals surface area contributed by atoms with Crippen molar-refractivity contribution >= 4 is 11.6 Å². The number of amides is 1. The van der Waals surface area contributed by atoms with Gasteiger partial charge in [-0.2, -0.15) is 0 Å². The van der Waals surface area contributed by atoms with E-state index in [2.05, 4.69) is 10.6 Å². The van der Waals surface area contributed by atoms with Crippen LogP contribution in [0.2, 0.25) is 0 Å². The molecule has 0 unspecified atom stereocenters. The number of hydrogen-bond donors (Lipinski definition) is 2. The predicted molar refractivity (Wildman–Crippen MR) is 80.4 cm³/mol. The van der Waals surface area contributed by atoms with Gasteiger partial charge in [-0.1, -0.05) is 11.6 Å². The molecule has 112 valence electrons. The average Bonchev–Trinajstić information content (AvgIpc) is 2.46. The quantitative estimate of drug-likeness (QED) is 0.677. The number of hydrogen-bond acceptors (Lipinski definition) is 4. The Bertz CT molecular complexity index is 422. The first kappa shape index (κ1) is 16.5. The summed E-state index contributed by atoms with van der Waals surface area (Å²) < 4.78 is 10.2. The molecular formula is C15H24N2O3. The van der Waals surface area contributed by atoms with Crippen molar-refractivity contribution in [1.29, 1.82) is 0 Å². The van der Waals surface area contributed by atoms with E-state index in [0.717, 1.165) is 17.7 Å². The highest BCUT2D eigenvalue weighted by Gasteiger charge is 2.10. The van der Waals surface area contributed by atoms with Gasteiger partial charge in [0.25, 0.3) is 5.91 Å². The van der Waals surface area contributed by atoms with Crippen LogP contribution in [0.5, 0.6) is 0 Å². The van der Waals surface area contributed by atoms with Crippen LogP contribution in [0.4, 0.5) is 5.69 Å². The van der Waals surface area contributed by atoms with Crippen LogP contribution in [-0.4, -0.2) is 46.4 Å². The van der Waals surface area contributed by atoms with Crippen molar-refractivity contribution in [3.05, 3.63) is 29.3 Å². The number of aryl methyl sites for hydroxylation is 1. The highest BCUT2D eigenvalue weighted by molar-refractivity contribution is 5.99. The van der Waals surface area contributed by atoms with Crippen molar-refractivity contribution < 1.29 is 14.3 Å². The van der Waals surface area contributed by atoms with Crippen molar-refractivity contribution in [2.75, 3.05) is 45.8 Å². The molecule has 0 radical (unpaired) electrons. The largest absolute Gasteiger partial charge is 0.387 e. The zero-order chi connectivity index (χ0) is 14.8. The summed E-state index contributed by atoms with van der Waals surface area (Å²) in [5.41, 5.74) is 2.58. The standard InChI is InChI=1S/C15H24N2O3/c1-12-5-6-14(16-2)13(11-12)15(18)17-7-4-8-20-10-9-19-3/h5-6,11,16H,4,7-10H2,1-3H3,(H,17,18). The lowest BCUT2D eigenvalue weighted by Crippen LogP contribution is -2.26. The number of rotatable bonds is 9. The van der Waals surface area contributed by atoms with Gasteiger partial charge in [0.15, 0.2) is 0 Å². The monoisotopic (exact) mass is 280 g/mol. The molecule has 0 aliphatic carbocycles. The normalized spacial score (nSPS) is 10.3. The molecule has 0 atom stereocenters. The van der Waals surface area contributed by atoms with Crippen molar-refractivity contribution in [3.63, 3.8) is 0 Å². The highest BCUT2D eigenvalue weighted by Crippen LogP contribution is 2.16. The summed E-state index contributed by atoms with van der Waals surface area (Å²) >= 11 is 0. The number of carbonyl (C=O) groups is 1. The Hall–Kier alpha value is -1.59. The van der Waals surface area contributed by atoms with Gasteiger partial charge >= 0.3 is 0 Å². The molecule has 5 heteroatoms. The number of anilines is 1. The summed E-state index contributed by atoms with van der Waals surface area (Å²) in [5, 5.41) is 5.93. The molecule has 5 nitrogen and oxygen atoms in total. The van der Waals surface area contributed by atoms with Gasteiger partial charge in [-0.25, -0.2) is 0 Å². The molecule has 1 aromatic carbocycles. The second-order valence-corrected chi connectivity index (χ2v) is 4.51. The highest BCUT2D eigenvalue weighted by atomic mass is 16.5. The summed E-state index contributed by atoms with van der Waals surface area (Å²) in [6, 6.07) is 5.78. The van der Waals surface area contributed by atoms with Gasteiger partial charge in [-0.15, -0.1) is 0 Å². The number of ether oxygens (including phenoxy) is 2. The summed E-state index contributed by atoms with van der Waals surface area (Å²) in [5.74, 6) is -0.0602. The second-order valence-electron chi connectivity index (χ2n) is 4.51. The zero-order valence-corrected chi connectivity index (χ0v) is 12.5. The molecule has 0 aliphatic rings. The van der Waals surface area contributed by atoms with Crippen LogP contribution >= 0.6 is 0 Å². The van der Waals surface area contributed by atoms with E-state index in [1.54, 1.807) is 7.11 Å². The minimum absolute atomic E-state index is 0.0602. The van der Waals surface area contributed by atoms with Crippen molar-refractivity contribution in [3.8, 4) is 0 Å². The third-order valence-electron chi connectivity index (χ3n) is 2.87. The number of nitrogens with one attached hydrogen (secondary N) is 2. The second kappa shape index (κ2) is 9.34. The molecule has 1 amide bonds. The van der Waals surface area contributed by atoms with Crippen LogP contribution in [-0.2, 0) is 9.47 Å². The van der Waals surface area contributed by atoms with Gasteiger partial charge in [-0.05, 0) is 25.5 Å². The van der Waals surface area contributed by atoms with E-state index in [-0.39, 0.29) is 5.91 Å². The van der Waals surface area contributed by atoms with Crippen LogP contribution in [0, 0.1) is 6.92 Å². The Labute approximate surface area is 120 Å². The minimum Gasteiger partial charge on any atom is -0.387 e. The zero-order valence-electron chi connectivity index (χ0n) is 12.5. The Morgan fingerprint density at radius 2 is 2.05 bits per heavy atom. The fourth-order valence-corrected chi connectivity index (χ4v) is 1.78. The smallest absolute Gasteiger partial charge is 0.253 e. The first-order chi connectivity index (χ1) is 9.69. The van der Waals surface area contributed by atoms with Crippen molar-refractivity contribution in [2.24, 2.45) is 0 Å². The molecule has 0 aromatic heterocycles. The van der Waals surface area contributed by atoms with E-state index in [9.17, 15) is 4.79 Å². The topological polar surface area (TPSA) is 59.6 Å². The number of methoxy groups -OCH3 is 1. The van der Waals surface area contributed by atoms with Gasteiger partial charge in [0, 0.05) is 33.0 Å². The third-order valence-corrected chi connectivity index (χ3v) is 2.87. The molecular weight excluding hydrogens is 256 g/mol. The van der Waals surface area contributed by atoms with E-state index in [1.807, 2.05) is 32.2 Å². The molecule has 20 heavy (non-hydrogen) atoms. The molecule has 0 saturated heterocycles. The third kappa shape index (κ3) is 5.59. The van der Waals surface area contributed by atoms with Gasteiger partial charge in [0.2, 0.25) is 0 Å². The number of carbonyl (C=O) groups excluding carboxylic acids is 1. The molecule has 0 bridgehead atoms. The predicted octanol–water partition coefficient (Wildman–Crippen LogP) is 1.82. The lowest BCUT2D eigenvalue weighted by atomic mass is 10.1. The van der Waals surface area contributed by atoms with Gasteiger partial charge < -0.3 is 20.1 Å². The summed E-state index contributed by atoms with van der Waals surface area (Å²) in [6.45, 7) is 4.38. The lowest BCUT2D eigenvalue weighted by Gasteiger charge is -2.11. The maximum absolute atomic E-state index is 12.1. The SMILES string of the molecule is CNc1ccc(C)cc1C(=O)NCCCOCCOC. The minimum atomic E-state index is -0.0602. The lowest BCUT2D eigenvalue weighted by molar-refractivity contribution is 0.0688. The summed E-state index contributed by atoms with van der Waals surface area (Å²) in [4.78, 5) is 12.1. The first-order valence-electron chi connectivity index (χ1n) is 6.82. The van der Waals surface area contributed by atoms with Crippen molar-refractivity contribution in [2.45, 2.75) is 13.3 Å². The summed E-state index contributed by atoms with van der Waals surface area (Å²) in [7, 11) is 3.45. The van der Waals surface area contributed by atoms with Crippen LogP contribution in [0.1, 0.15) is 22.3 Å². The molecule has 0 aliphatic heterocycles. The molecule has 1 aromatic rings. The Balaban J connectivity index is 2.34.